The third-order valence-electron chi connectivity index (χ3n) is 3.68. The Hall–Kier alpha value is -2.55. The topological polar surface area (TPSA) is 38.7 Å². The van der Waals surface area contributed by atoms with E-state index >= 15 is 0 Å². The van der Waals surface area contributed by atoms with Gasteiger partial charge in [0.15, 0.2) is 0 Å². The normalized spacial score (nSPS) is 9.67. The van der Waals surface area contributed by atoms with Crippen LogP contribution in [-0.2, 0) is 0 Å². The van der Waals surface area contributed by atoms with Crippen molar-refractivity contribution in [1.82, 2.24) is 15.0 Å². The van der Waals surface area contributed by atoms with Crippen LogP contribution in [0.4, 0.5) is 0 Å². The molecule has 0 bridgehead atoms. The molecule has 0 N–H and O–H groups in total. The van der Waals surface area contributed by atoms with Crippen LogP contribution in [0.15, 0.2) is 36.4 Å². The Balaban J connectivity index is 0.000000202. The molecule has 3 nitrogen and oxygen atoms in total. The lowest BCUT2D eigenvalue weighted by atomic mass is 10.2. The summed E-state index contributed by atoms with van der Waals surface area (Å²) >= 11 is 0. The van der Waals surface area contributed by atoms with Gasteiger partial charge in [-0.1, -0.05) is 0 Å². The first-order chi connectivity index (χ1) is 12.5. The lowest BCUT2D eigenvalue weighted by Gasteiger charge is -1.96. The Morgan fingerprint density at radius 1 is 0.333 bits per heavy atom. The van der Waals surface area contributed by atoms with E-state index < -0.39 is 0 Å². The first kappa shape index (κ1) is 22.5. The van der Waals surface area contributed by atoms with E-state index in [0.29, 0.717) is 0 Å². The predicted octanol–water partition coefficient (Wildman–Crippen LogP) is 6.02. The van der Waals surface area contributed by atoms with E-state index in [-0.39, 0.29) is 0 Å². The summed E-state index contributed by atoms with van der Waals surface area (Å²) in [6.45, 7) is 18.3. The number of hydrogen-bond donors (Lipinski definition) is 0. The Kier molecular flexibility index (Phi) is 8.80. The average molecular weight is 364 g/mol. The highest BCUT2D eigenvalue weighted by Crippen LogP contribution is 2.03. The minimum Gasteiger partial charge on any atom is -0.258 e. The maximum atomic E-state index is 4.23. The van der Waals surface area contributed by atoms with E-state index in [1.54, 1.807) is 0 Å². The maximum Gasteiger partial charge on any atom is 0.0378 e. The van der Waals surface area contributed by atoms with Crippen LogP contribution in [0.1, 0.15) is 50.9 Å². The molecule has 0 amide bonds. The largest absolute Gasteiger partial charge is 0.258 e. The SMILES string of the molecule is Cc1cc(C)nc(C)c1.Cc1cc(C)nc(C)c1.Cc1cc(C)nc(C)c1. The Bertz CT molecular complexity index is 614. The van der Waals surface area contributed by atoms with Gasteiger partial charge < -0.3 is 0 Å². The van der Waals surface area contributed by atoms with Gasteiger partial charge in [0.2, 0.25) is 0 Å². The van der Waals surface area contributed by atoms with Crippen molar-refractivity contribution in [2.75, 3.05) is 0 Å². The van der Waals surface area contributed by atoms with Crippen LogP contribution in [0.5, 0.6) is 0 Å². The molecular formula is C24H33N3. The van der Waals surface area contributed by atoms with Crippen molar-refractivity contribution in [3.05, 3.63) is 87.3 Å². The number of rotatable bonds is 0. The molecule has 0 atom stereocenters. The number of pyridine rings is 3. The van der Waals surface area contributed by atoms with Crippen molar-refractivity contribution in [2.45, 2.75) is 62.3 Å². The molecule has 144 valence electrons. The second-order valence-electron chi connectivity index (χ2n) is 7.28. The minimum atomic E-state index is 1.10. The fraction of sp³-hybridized carbons (Fsp3) is 0.375. The summed E-state index contributed by atoms with van der Waals surface area (Å²) in [5.41, 5.74) is 10.5. The standard InChI is InChI=1S/3C8H11N/c3*1-6-4-7(2)9-8(3)5-6/h3*4-5H,1-3H3. The molecule has 3 aromatic heterocycles. The van der Waals surface area contributed by atoms with Gasteiger partial charge in [-0.2, -0.15) is 0 Å². The van der Waals surface area contributed by atoms with Gasteiger partial charge >= 0.3 is 0 Å². The zero-order valence-corrected chi connectivity index (χ0v) is 18.3. The number of aryl methyl sites for hydroxylation is 9. The molecule has 0 spiro atoms. The van der Waals surface area contributed by atoms with Crippen LogP contribution in [0.3, 0.4) is 0 Å². The second kappa shape index (κ2) is 10.6. The molecule has 0 radical (unpaired) electrons. The van der Waals surface area contributed by atoms with E-state index in [1.807, 2.05) is 41.5 Å². The molecular weight excluding hydrogens is 330 g/mol. The molecule has 3 heterocycles. The van der Waals surface area contributed by atoms with Gasteiger partial charge in [0.05, 0.1) is 0 Å². The molecule has 3 aromatic rings. The van der Waals surface area contributed by atoms with Crippen LogP contribution in [0, 0.1) is 62.3 Å². The van der Waals surface area contributed by atoms with Gasteiger partial charge in [0.1, 0.15) is 0 Å². The van der Waals surface area contributed by atoms with Gasteiger partial charge in [-0.15, -0.1) is 0 Å². The van der Waals surface area contributed by atoms with Crippen LogP contribution < -0.4 is 0 Å². The molecule has 0 unspecified atom stereocenters. The summed E-state index contributed by atoms with van der Waals surface area (Å²) in [5, 5.41) is 0. The number of hydrogen-bond acceptors (Lipinski definition) is 3. The summed E-state index contributed by atoms with van der Waals surface area (Å²) in [4.78, 5) is 12.7. The van der Waals surface area contributed by atoms with E-state index in [4.69, 9.17) is 0 Å². The third-order valence-corrected chi connectivity index (χ3v) is 3.68. The molecule has 0 aliphatic heterocycles. The lowest BCUT2D eigenvalue weighted by molar-refractivity contribution is 1.10. The molecule has 0 saturated heterocycles. The summed E-state index contributed by atoms with van der Waals surface area (Å²) in [6, 6.07) is 12.5. The monoisotopic (exact) mass is 363 g/mol. The summed E-state index contributed by atoms with van der Waals surface area (Å²) in [5.74, 6) is 0. The van der Waals surface area contributed by atoms with Gasteiger partial charge in [-0.05, 0) is 115 Å². The van der Waals surface area contributed by atoms with E-state index in [9.17, 15) is 0 Å². The molecule has 0 fully saturated rings. The fourth-order valence-corrected chi connectivity index (χ4v) is 3.13. The number of nitrogens with zero attached hydrogens (tertiary/aromatic N) is 3. The Morgan fingerprint density at radius 3 is 0.593 bits per heavy atom. The minimum absolute atomic E-state index is 1.10. The highest BCUT2D eigenvalue weighted by atomic mass is 14.7. The van der Waals surface area contributed by atoms with Crippen molar-refractivity contribution >= 4 is 0 Å². The second-order valence-corrected chi connectivity index (χ2v) is 7.28. The van der Waals surface area contributed by atoms with Gasteiger partial charge in [-0.3, -0.25) is 15.0 Å². The molecule has 0 aromatic carbocycles. The van der Waals surface area contributed by atoms with E-state index in [2.05, 4.69) is 72.1 Å². The summed E-state index contributed by atoms with van der Waals surface area (Å²) in [7, 11) is 0. The Labute approximate surface area is 165 Å². The predicted molar refractivity (Wildman–Crippen MR) is 115 cm³/mol. The van der Waals surface area contributed by atoms with E-state index in [0.717, 1.165) is 34.2 Å². The first-order valence-electron chi connectivity index (χ1n) is 9.31. The van der Waals surface area contributed by atoms with Crippen LogP contribution in [0.25, 0.3) is 0 Å². The molecule has 0 aliphatic rings. The smallest absolute Gasteiger partial charge is 0.0378 e. The zero-order valence-electron chi connectivity index (χ0n) is 18.3. The lowest BCUT2D eigenvalue weighted by Crippen LogP contribution is -1.85. The molecule has 0 saturated carbocycles. The highest BCUT2D eigenvalue weighted by Gasteiger charge is 1.90. The van der Waals surface area contributed by atoms with Crippen LogP contribution in [-0.4, -0.2) is 15.0 Å². The fourth-order valence-electron chi connectivity index (χ4n) is 3.13. The Morgan fingerprint density at radius 2 is 0.481 bits per heavy atom. The van der Waals surface area contributed by atoms with Gasteiger partial charge in [-0.25, -0.2) is 0 Å². The molecule has 3 heteroatoms. The highest BCUT2D eigenvalue weighted by molar-refractivity contribution is 5.19. The first-order valence-corrected chi connectivity index (χ1v) is 9.31. The summed E-state index contributed by atoms with van der Waals surface area (Å²) < 4.78 is 0. The number of aromatic nitrogens is 3. The van der Waals surface area contributed by atoms with E-state index in [1.165, 1.54) is 16.7 Å². The van der Waals surface area contributed by atoms with Crippen molar-refractivity contribution in [2.24, 2.45) is 0 Å². The van der Waals surface area contributed by atoms with Crippen LogP contribution >= 0.6 is 0 Å². The van der Waals surface area contributed by atoms with Crippen LogP contribution in [0.2, 0.25) is 0 Å². The maximum absolute atomic E-state index is 4.23. The molecule has 0 aliphatic carbocycles. The summed E-state index contributed by atoms with van der Waals surface area (Å²) in [6.07, 6.45) is 0. The van der Waals surface area contributed by atoms with Crippen molar-refractivity contribution in [1.29, 1.82) is 0 Å². The average Bonchev–Trinajstić information content (AvgIpc) is 2.43. The van der Waals surface area contributed by atoms with Gasteiger partial charge in [0.25, 0.3) is 0 Å². The van der Waals surface area contributed by atoms with Crippen molar-refractivity contribution in [3.63, 3.8) is 0 Å². The van der Waals surface area contributed by atoms with Crippen molar-refractivity contribution < 1.29 is 0 Å². The van der Waals surface area contributed by atoms with Gasteiger partial charge in [0, 0.05) is 34.2 Å². The molecule has 3 rings (SSSR count). The molecule has 27 heavy (non-hydrogen) atoms. The van der Waals surface area contributed by atoms with Crippen molar-refractivity contribution in [3.8, 4) is 0 Å². The quantitative estimate of drug-likeness (QED) is 0.490. The third kappa shape index (κ3) is 9.64. The zero-order chi connectivity index (χ0) is 20.6.